The molecule has 0 aliphatic rings. The molecule has 1 unspecified atom stereocenters. The first kappa shape index (κ1) is 14.4. The lowest BCUT2D eigenvalue weighted by atomic mass is 9.90. The van der Waals surface area contributed by atoms with Crippen LogP contribution in [0, 0.1) is 11.6 Å². The monoisotopic (exact) mass is 269 g/mol. The second-order valence-electron chi connectivity index (χ2n) is 3.65. The van der Waals surface area contributed by atoms with E-state index in [-0.39, 0.29) is 0 Å². The Morgan fingerprint density at radius 3 is 2.00 bits per heavy atom. The molecule has 100 valence electrons. The van der Waals surface area contributed by atoms with E-state index in [1.54, 1.807) is 0 Å². The molecule has 3 nitrogen and oxygen atoms in total. The van der Waals surface area contributed by atoms with E-state index in [9.17, 15) is 26.7 Å². The third kappa shape index (κ3) is 2.42. The third-order valence-electron chi connectivity index (χ3n) is 2.40. The van der Waals surface area contributed by atoms with Crippen molar-refractivity contribution in [3.8, 4) is 0 Å². The average Bonchev–Trinajstić information content (AvgIpc) is 2.21. The van der Waals surface area contributed by atoms with E-state index in [2.05, 4.69) is 0 Å². The number of aliphatic carboxylic acids is 1. The molecule has 0 saturated heterocycles. The number of carboxylic acid groups (broad SMARTS) is 1. The van der Waals surface area contributed by atoms with Crippen LogP contribution >= 0.6 is 0 Å². The van der Waals surface area contributed by atoms with Crippen LogP contribution in [0.5, 0.6) is 0 Å². The van der Waals surface area contributed by atoms with Crippen LogP contribution in [0.4, 0.5) is 22.0 Å². The topological polar surface area (TPSA) is 63.3 Å². The third-order valence-corrected chi connectivity index (χ3v) is 2.40. The zero-order valence-electron chi connectivity index (χ0n) is 8.76. The van der Waals surface area contributed by atoms with Crippen molar-refractivity contribution in [2.45, 2.75) is 18.1 Å². The lowest BCUT2D eigenvalue weighted by Crippen LogP contribution is -2.61. The number of rotatable bonds is 3. The summed E-state index contributed by atoms with van der Waals surface area (Å²) in [5.41, 5.74) is -0.0244. The second kappa shape index (κ2) is 4.52. The summed E-state index contributed by atoms with van der Waals surface area (Å²) in [5.74, 6) is -4.97. The summed E-state index contributed by atoms with van der Waals surface area (Å²) < 4.78 is 64.0. The van der Waals surface area contributed by atoms with E-state index >= 15 is 0 Å². The predicted octanol–water partition coefficient (Wildman–Crippen LogP) is 1.85. The molecule has 0 heterocycles. The minimum Gasteiger partial charge on any atom is -0.480 e. The lowest BCUT2D eigenvalue weighted by molar-refractivity contribution is -0.201. The first-order chi connectivity index (χ1) is 8.09. The van der Waals surface area contributed by atoms with Crippen molar-refractivity contribution in [1.82, 2.24) is 0 Å². The molecule has 1 atom stereocenters. The summed E-state index contributed by atoms with van der Waals surface area (Å²) in [6, 6.07) is 2.38. The summed E-state index contributed by atoms with van der Waals surface area (Å²) in [5, 5.41) is 8.52. The van der Waals surface area contributed by atoms with Crippen molar-refractivity contribution in [1.29, 1.82) is 0 Å². The number of halogens is 5. The molecule has 0 aliphatic carbocycles. The van der Waals surface area contributed by atoms with E-state index in [1.165, 1.54) is 0 Å². The first-order valence-corrected chi connectivity index (χ1v) is 4.61. The SMILES string of the molecule is NC(Cc1c(F)cccc1F)(C(=O)O)C(F)(F)F. The number of hydrogen-bond donors (Lipinski definition) is 2. The predicted molar refractivity (Wildman–Crippen MR) is 50.7 cm³/mol. The van der Waals surface area contributed by atoms with Gasteiger partial charge in [-0.2, -0.15) is 13.2 Å². The molecule has 1 aromatic carbocycles. The largest absolute Gasteiger partial charge is 0.480 e. The molecular weight excluding hydrogens is 261 g/mol. The van der Waals surface area contributed by atoms with Crippen molar-refractivity contribution >= 4 is 5.97 Å². The molecule has 8 heteroatoms. The molecular formula is C10H8F5NO2. The number of alkyl halides is 3. The summed E-state index contributed by atoms with van der Waals surface area (Å²) in [6.07, 6.45) is -6.86. The van der Waals surface area contributed by atoms with Gasteiger partial charge >= 0.3 is 12.1 Å². The maximum Gasteiger partial charge on any atom is 0.417 e. The van der Waals surface area contributed by atoms with Gasteiger partial charge < -0.3 is 10.8 Å². The van der Waals surface area contributed by atoms with Gasteiger partial charge in [0.1, 0.15) is 11.6 Å². The van der Waals surface area contributed by atoms with Crippen molar-refractivity contribution < 1.29 is 31.9 Å². The van der Waals surface area contributed by atoms with Crippen molar-refractivity contribution in [2.75, 3.05) is 0 Å². The van der Waals surface area contributed by atoms with E-state index < -0.39 is 41.3 Å². The van der Waals surface area contributed by atoms with Crippen LogP contribution in [-0.4, -0.2) is 22.8 Å². The smallest absolute Gasteiger partial charge is 0.417 e. The summed E-state index contributed by atoms with van der Waals surface area (Å²) in [7, 11) is 0. The van der Waals surface area contributed by atoms with Crippen LogP contribution in [0.25, 0.3) is 0 Å². The molecule has 0 aromatic heterocycles. The first-order valence-electron chi connectivity index (χ1n) is 4.61. The van der Waals surface area contributed by atoms with Gasteiger partial charge in [0.05, 0.1) is 0 Å². The van der Waals surface area contributed by atoms with Crippen LogP contribution in [0.1, 0.15) is 5.56 Å². The Bertz CT molecular complexity index is 454. The van der Waals surface area contributed by atoms with Gasteiger partial charge in [-0.3, -0.25) is 0 Å². The molecule has 3 N–H and O–H groups in total. The lowest BCUT2D eigenvalue weighted by Gasteiger charge is -2.27. The van der Waals surface area contributed by atoms with Crippen LogP contribution in [-0.2, 0) is 11.2 Å². The highest BCUT2D eigenvalue weighted by atomic mass is 19.4. The zero-order chi connectivity index (χ0) is 14.1. The fourth-order valence-corrected chi connectivity index (χ4v) is 1.28. The normalized spacial score (nSPS) is 15.2. The Balaban J connectivity index is 3.25. The fourth-order valence-electron chi connectivity index (χ4n) is 1.28. The van der Waals surface area contributed by atoms with Crippen molar-refractivity contribution in [2.24, 2.45) is 5.73 Å². The van der Waals surface area contributed by atoms with E-state index in [4.69, 9.17) is 10.8 Å². The second-order valence-corrected chi connectivity index (χ2v) is 3.65. The number of hydrogen-bond acceptors (Lipinski definition) is 2. The zero-order valence-corrected chi connectivity index (χ0v) is 8.76. The molecule has 0 fully saturated rings. The molecule has 0 aliphatic heterocycles. The number of carbonyl (C=O) groups is 1. The molecule has 0 amide bonds. The Hall–Kier alpha value is -1.70. The Kier molecular flexibility index (Phi) is 3.61. The Morgan fingerprint density at radius 2 is 1.67 bits per heavy atom. The fraction of sp³-hybridized carbons (Fsp3) is 0.300. The van der Waals surface area contributed by atoms with Crippen LogP contribution in [0.2, 0.25) is 0 Å². The molecule has 18 heavy (non-hydrogen) atoms. The summed E-state index contributed by atoms with van der Waals surface area (Å²) in [6.45, 7) is 0. The van der Waals surface area contributed by atoms with Gasteiger partial charge in [-0.25, -0.2) is 13.6 Å². The molecule has 0 bridgehead atoms. The quantitative estimate of drug-likeness (QED) is 0.823. The maximum atomic E-state index is 13.2. The van der Waals surface area contributed by atoms with Gasteiger partial charge in [-0.15, -0.1) is 0 Å². The van der Waals surface area contributed by atoms with Gasteiger partial charge in [-0.1, -0.05) is 6.07 Å². The minimum absolute atomic E-state index is 0.719. The van der Waals surface area contributed by atoms with Crippen molar-refractivity contribution in [3.63, 3.8) is 0 Å². The van der Waals surface area contributed by atoms with Gasteiger partial charge in [0.2, 0.25) is 5.54 Å². The van der Waals surface area contributed by atoms with Crippen LogP contribution in [0.3, 0.4) is 0 Å². The van der Waals surface area contributed by atoms with Gasteiger partial charge in [0, 0.05) is 12.0 Å². The molecule has 0 spiro atoms. The number of carboxylic acids is 1. The molecule has 0 radical (unpaired) electrons. The van der Waals surface area contributed by atoms with Crippen LogP contribution in [0.15, 0.2) is 18.2 Å². The van der Waals surface area contributed by atoms with E-state index in [1.807, 2.05) is 0 Å². The summed E-state index contributed by atoms with van der Waals surface area (Å²) in [4.78, 5) is 10.6. The van der Waals surface area contributed by atoms with E-state index in [0.29, 0.717) is 0 Å². The highest BCUT2D eigenvalue weighted by Crippen LogP contribution is 2.32. The summed E-state index contributed by atoms with van der Waals surface area (Å²) >= 11 is 0. The highest BCUT2D eigenvalue weighted by molar-refractivity contribution is 5.80. The molecule has 1 rings (SSSR count). The Morgan fingerprint density at radius 1 is 1.22 bits per heavy atom. The van der Waals surface area contributed by atoms with Gasteiger partial charge in [0.25, 0.3) is 0 Å². The Labute approximate surface area is 98.0 Å². The van der Waals surface area contributed by atoms with Crippen molar-refractivity contribution in [3.05, 3.63) is 35.4 Å². The van der Waals surface area contributed by atoms with Gasteiger partial charge in [-0.05, 0) is 12.1 Å². The van der Waals surface area contributed by atoms with E-state index in [0.717, 1.165) is 18.2 Å². The van der Waals surface area contributed by atoms with Crippen LogP contribution < -0.4 is 5.73 Å². The maximum absolute atomic E-state index is 13.2. The molecule has 0 saturated carbocycles. The minimum atomic E-state index is -5.34. The standard InChI is InChI=1S/C10H8F5NO2/c11-6-2-1-3-7(12)5(6)4-9(16,8(17)18)10(13,14)15/h1-3H,4,16H2,(H,17,18). The number of benzene rings is 1. The average molecular weight is 269 g/mol. The molecule has 1 aromatic rings. The van der Waals surface area contributed by atoms with Gasteiger partial charge in [0.15, 0.2) is 0 Å². The number of nitrogens with two attached hydrogens (primary N) is 1. The highest BCUT2D eigenvalue weighted by Gasteiger charge is 2.58.